The Hall–Kier alpha value is -2.29. The van der Waals surface area contributed by atoms with Crippen LogP contribution in [0.25, 0.3) is 0 Å². The second-order valence-electron chi connectivity index (χ2n) is 6.30. The molecule has 0 saturated heterocycles. The number of rotatable bonds is 3. The SMILES string of the molecule is COc1ccc2c(c1)CCC[C@H]2NC(=O)c1cc(C)ccc1C. The molecular formula is C20H23NO2. The lowest BCUT2D eigenvalue weighted by molar-refractivity contribution is 0.0932. The van der Waals surface area contributed by atoms with Gasteiger partial charge in [0.1, 0.15) is 5.75 Å². The maximum Gasteiger partial charge on any atom is 0.252 e. The Morgan fingerprint density at radius 1 is 1.17 bits per heavy atom. The molecular weight excluding hydrogens is 286 g/mol. The van der Waals surface area contributed by atoms with E-state index in [0.29, 0.717) is 0 Å². The number of amides is 1. The number of carbonyl (C=O) groups excluding carboxylic acids is 1. The van der Waals surface area contributed by atoms with E-state index in [9.17, 15) is 4.79 Å². The molecule has 0 unspecified atom stereocenters. The average Bonchev–Trinajstić information content (AvgIpc) is 2.56. The molecule has 1 amide bonds. The second-order valence-corrected chi connectivity index (χ2v) is 6.30. The molecule has 2 aromatic rings. The first-order chi connectivity index (χ1) is 11.1. The molecule has 23 heavy (non-hydrogen) atoms. The summed E-state index contributed by atoms with van der Waals surface area (Å²) in [7, 11) is 1.68. The summed E-state index contributed by atoms with van der Waals surface area (Å²) in [6.45, 7) is 3.99. The quantitative estimate of drug-likeness (QED) is 0.926. The highest BCUT2D eigenvalue weighted by atomic mass is 16.5. The van der Waals surface area contributed by atoms with Gasteiger partial charge in [-0.1, -0.05) is 23.8 Å². The lowest BCUT2D eigenvalue weighted by atomic mass is 9.87. The summed E-state index contributed by atoms with van der Waals surface area (Å²) in [5.74, 6) is 0.894. The standard InChI is InChI=1S/C20H23NO2/c1-13-7-8-14(2)18(11-13)20(22)21-19-6-4-5-15-12-16(23-3)9-10-17(15)19/h7-12,19H,4-6H2,1-3H3,(H,21,22)/t19-/m1/s1. The number of benzene rings is 2. The second kappa shape index (κ2) is 6.45. The van der Waals surface area contributed by atoms with Crippen LogP contribution in [0.3, 0.4) is 0 Å². The van der Waals surface area contributed by atoms with Crippen molar-refractivity contribution < 1.29 is 9.53 Å². The van der Waals surface area contributed by atoms with Gasteiger partial charge in [0.25, 0.3) is 5.91 Å². The van der Waals surface area contributed by atoms with Crippen molar-refractivity contribution in [1.29, 1.82) is 0 Å². The Bertz CT molecular complexity index is 736. The van der Waals surface area contributed by atoms with Crippen LogP contribution in [0.4, 0.5) is 0 Å². The van der Waals surface area contributed by atoms with Crippen molar-refractivity contribution in [1.82, 2.24) is 5.32 Å². The first-order valence-electron chi connectivity index (χ1n) is 8.13. The molecule has 3 rings (SSSR count). The number of aryl methyl sites for hydroxylation is 3. The van der Waals surface area contributed by atoms with E-state index in [1.807, 2.05) is 38.1 Å². The zero-order chi connectivity index (χ0) is 16.4. The van der Waals surface area contributed by atoms with Crippen LogP contribution in [0.1, 0.15) is 51.5 Å². The maximum atomic E-state index is 12.7. The first kappa shape index (κ1) is 15.6. The molecule has 1 aliphatic carbocycles. The molecule has 0 heterocycles. The molecule has 3 heteroatoms. The normalized spacial score (nSPS) is 16.6. The number of hydrogen-bond donors (Lipinski definition) is 1. The summed E-state index contributed by atoms with van der Waals surface area (Å²) >= 11 is 0. The number of nitrogens with one attached hydrogen (secondary N) is 1. The highest BCUT2D eigenvalue weighted by Crippen LogP contribution is 2.32. The summed E-state index contributed by atoms with van der Waals surface area (Å²) in [6, 6.07) is 12.2. The van der Waals surface area contributed by atoms with Crippen molar-refractivity contribution in [3.05, 3.63) is 64.2 Å². The largest absolute Gasteiger partial charge is 0.497 e. The predicted octanol–water partition coefficient (Wildman–Crippen LogP) is 4.12. The molecule has 2 aromatic carbocycles. The fraction of sp³-hybridized carbons (Fsp3) is 0.350. The molecule has 0 radical (unpaired) electrons. The molecule has 0 aliphatic heterocycles. The van der Waals surface area contributed by atoms with E-state index in [-0.39, 0.29) is 11.9 Å². The Kier molecular flexibility index (Phi) is 4.37. The van der Waals surface area contributed by atoms with Crippen molar-refractivity contribution >= 4 is 5.91 Å². The van der Waals surface area contributed by atoms with E-state index in [1.54, 1.807) is 7.11 Å². The van der Waals surface area contributed by atoms with Crippen LogP contribution in [-0.2, 0) is 6.42 Å². The highest BCUT2D eigenvalue weighted by molar-refractivity contribution is 5.96. The van der Waals surface area contributed by atoms with Gasteiger partial charge >= 0.3 is 0 Å². The van der Waals surface area contributed by atoms with E-state index in [1.165, 1.54) is 11.1 Å². The molecule has 3 nitrogen and oxygen atoms in total. The van der Waals surface area contributed by atoms with Gasteiger partial charge in [-0.15, -0.1) is 0 Å². The molecule has 1 atom stereocenters. The number of fused-ring (bicyclic) bond motifs is 1. The summed E-state index contributed by atoms with van der Waals surface area (Å²) in [5, 5.41) is 3.22. The Morgan fingerprint density at radius 2 is 2.00 bits per heavy atom. The smallest absolute Gasteiger partial charge is 0.252 e. The molecule has 1 N–H and O–H groups in total. The third-order valence-electron chi connectivity index (χ3n) is 4.61. The van der Waals surface area contributed by atoms with Gasteiger partial charge in [0.05, 0.1) is 13.2 Å². The van der Waals surface area contributed by atoms with E-state index < -0.39 is 0 Å². The van der Waals surface area contributed by atoms with Gasteiger partial charge in [0.2, 0.25) is 0 Å². The minimum Gasteiger partial charge on any atom is -0.497 e. The van der Waals surface area contributed by atoms with Gasteiger partial charge in [0, 0.05) is 5.56 Å². The maximum absolute atomic E-state index is 12.7. The van der Waals surface area contributed by atoms with Crippen molar-refractivity contribution in [2.24, 2.45) is 0 Å². The summed E-state index contributed by atoms with van der Waals surface area (Å²) in [4.78, 5) is 12.7. The van der Waals surface area contributed by atoms with Gasteiger partial charge in [0.15, 0.2) is 0 Å². The molecule has 0 aromatic heterocycles. The van der Waals surface area contributed by atoms with E-state index in [0.717, 1.165) is 41.7 Å². The van der Waals surface area contributed by atoms with Gasteiger partial charge < -0.3 is 10.1 Å². The van der Waals surface area contributed by atoms with Crippen molar-refractivity contribution in [2.45, 2.75) is 39.2 Å². The van der Waals surface area contributed by atoms with Crippen molar-refractivity contribution in [3.63, 3.8) is 0 Å². The van der Waals surface area contributed by atoms with Crippen LogP contribution in [0.5, 0.6) is 5.75 Å². The van der Waals surface area contributed by atoms with Crippen LogP contribution in [0.2, 0.25) is 0 Å². The summed E-state index contributed by atoms with van der Waals surface area (Å²) < 4.78 is 5.31. The Morgan fingerprint density at radius 3 is 2.78 bits per heavy atom. The fourth-order valence-electron chi connectivity index (χ4n) is 3.28. The topological polar surface area (TPSA) is 38.3 Å². The summed E-state index contributed by atoms with van der Waals surface area (Å²) in [5.41, 5.74) is 5.39. The number of ether oxygens (including phenoxy) is 1. The Balaban J connectivity index is 1.84. The molecule has 0 saturated carbocycles. The number of carbonyl (C=O) groups is 1. The molecule has 0 spiro atoms. The van der Waals surface area contributed by atoms with Gasteiger partial charge in [-0.05, 0) is 68.0 Å². The minimum absolute atomic E-state index is 0.0138. The van der Waals surface area contributed by atoms with Crippen LogP contribution in [-0.4, -0.2) is 13.0 Å². The molecule has 0 fully saturated rings. The molecule has 1 aliphatic rings. The zero-order valence-electron chi connectivity index (χ0n) is 14.0. The van der Waals surface area contributed by atoms with Gasteiger partial charge in [-0.3, -0.25) is 4.79 Å². The fourth-order valence-corrected chi connectivity index (χ4v) is 3.28. The van der Waals surface area contributed by atoms with Gasteiger partial charge in [-0.25, -0.2) is 0 Å². The number of hydrogen-bond acceptors (Lipinski definition) is 2. The minimum atomic E-state index is 0.0138. The Labute approximate surface area is 137 Å². The van der Waals surface area contributed by atoms with E-state index in [2.05, 4.69) is 17.4 Å². The first-order valence-corrected chi connectivity index (χ1v) is 8.13. The lowest BCUT2D eigenvalue weighted by Gasteiger charge is -2.27. The monoisotopic (exact) mass is 309 g/mol. The van der Waals surface area contributed by atoms with Crippen LogP contribution >= 0.6 is 0 Å². The van der Waals surface area contributed by atoms with E-state index >= 15 is 0 Å². The number of methoxy groups -OCH3 is 1. The zero-order valence-corrected chi connectivity index (χ0v) is 14.0. The summed E-state index contributed by atoms with van der Waals surface area (Å²) in [6.07, 6.45) is 3.11. The van der Waals surface area contributed by atoms with E-state index in [4.69, 9.17) is 4.74 Å². The van der Waals surface area contributed by atoms with Crippen LogP contribution in [0, 0.1) is 13.8 Å². The highest BCUT2D eigenvalue weighted by Gasteiger charge is 2.23. The molecule has 0 bridgehead atoms. The van der Waals surface area contributed by atoms with Crippen molar-refractivity contribution in [2.75, 3.05) is 7.11 Å². The lowest BCUT2D eigenvalue weighted by Crippen LogP contribution is -2.31. The van der Waals surface area contributed by atoms with Crippen molar-refractivity contribution in [3.8, 4) is 5.75 Å². The van der Waals surface area contributed by atoms with Crippen LogP contribution < -0.4 is 10.1 Å². The predicted molar refractivity (Wildman–Crippen MR) is 92.1 cm³/mol. The third-order valence-corrected chi connectivity index (χ3v) is 4.61. The average molecular weight is 309 g/mol. The van der Waals surface area contributed by atoms with Gasteiger partial charge in [-0.2, -0.15) is 0 Å². The molecule has 120 valence electrons. The third kappa shape index (κ3) is 3.24. The van der Waals surface area contributed by atoms with Crippen LogP contribution in [0.15, 0.2) is 36.4 Å².